The molecule has 0 heteroatoms. The number of hydrogen-bond acceptors (Lipinski definition) is 0. The Bertz CT molecular complexity index is 896. The van der Waals surface area contributed by atoms with E-state index in [1.807, 2.05) is 0 Å². The van der Waals surface area contributed by atoms with Gasteiger partial charge in [0, 0.05) is 0 Å². The van der Waals surface area contributed by atoms with Crippen LogP contribution in [0, 0.1) is 58.8 Å². The van der Waals surface area contributed by atoms with Gasteiger partial charge in [-0.25, -0.2) is 0 Å². The first-order valence-electron chi connectivity index (χ1n) is 13.7. The normalized spacial score (nSPS) is 26.4. The molecule has 0 amide bonds. The molecule has 180 valence electrons. The van der Waals surface area contributed by atoms with E-state index in [-0.39, 0.29) is 0 Å². The van der Waals surface area contributed by atoms with Gasteiger partial charge in [0.1, 0.15) is 0 Å². The minimum Gasteiger partial charge on any atom is -0.0594 e. The fourth-order valence-electron chi connectivity index (χ4n) is 7.47. The SMILES string of the molecule is Cc1ccc(C2CCC(C(C)(C)C3CCC(c4ccc(C)c(C)c4C)CC3)CC2)c(C)c1C. The Morgan fingerprint density at radius 1 is 0.485 bits per heavy atom. The molecule has 2 fully saturated rings. The van der Waals surface area contributed by atoms with E-state index >= 15 is 0 Å². The van der Waals surface area contributed by atoms with Crippen molar-refractivity contribution in [3.05, 3.63) is 68.8 Å². The summed E-state index contributed by atoms with van der Waals surface area (Å²) in [5, 5.41) is 0. The van der Waals surface area contributed by atoms with Gasteiger partial charge >= 0.3 is 0 Å². The van der Waals surface area contributed by atoms with Crippen molar-refractivity contribution in [3.8, 4) is 0 Å². The van der Waals surface area contributed by atoms with Crippen LogP contribution in [0.25, 0.3) is 0 Å². The van der Waals surface area contributed by atoms with Gasteiger partial charge in [-0.05, 0) is 167 Å². The quantitative estimate of drug-likeness (QED) is 0.440. The molecule has 2 aromatic carbocycles. The zero-order valence-electron chi connectivity index (χ0n) is 22.8. The van der Waals surface area contributed by atoms with Crippen molar-refractivity contribution in [2.75, 3.05) is 0 Å². The van der Waals surface area contributed by atoms with Crippen LogP contribution < -0.4 is 0 Å². The Morgan fingerprint density at radius 2 is 0.818 bits per heavy atom. The van der Waals surface area contributed by atoms with E-state index < -0.39 is 0 Å². The van der Waals surface area contributed by atoms with Crippen LogP contribution in [0.1, 0.15) is 122 Å². The maximum Gasteiger partial charge on any atom is -0.0159 e. The predicted molar refractivity (Wildman–Crippen MR) is 144 cm³/mol. The highest BCUT2D eigenvalue weighted by Gasteiger charge is 2.41. The van der Waals surface area contributed by atoms with Crippen molar-refractivity contribution in [2.45, 2.75) is 119 Å². The van der Waals surface area contributed by atoms with Gasteiger partial charge in [0.25, 0.3) is 0 Å². The summed E-state index contributed by atoms with van der Waals surface area (Å²) >= 11 is 0. The highest BCUT2D eigenvalue weighted by molar-refractivity contribution is 5.41. The number of benzene rings is 2. The number of aryl methyl sites for hydroxylation is 2. The first kappa shape index (κ1) is 24.6. The first-order chi connectivity index (χ1) is 15.6. The van der Waals surface area contributed by atoms with E-state index in [0.717, 1.165) is 23.7 Å². The zero-order valence-corrected chi connectivity index (χ0v) is 22.8. The van der Waals surface area contributed by atoms with Crippen LogP contribution in [0.15, 0.2) is 24.3 Å². The average Bonchev–Trinajstić information content (AvgIpc) is 2.81. The topological polar surface area (TPSA) is 0 Å². The second-order valence-electron chi connectivity index (χ2n) is 12.4. The smallest absolute Gasteiger partial charge is 0.0159 e. The van der Waals surface area contributed by atoms with Gasteiger partial charge in [-0.2, -0.15) is 0 Å². The van der Waals surface area contributed by atoms with Crippen LogP contribution >= 0.6 is 0 Å². The molecule has 4 rings (SSSR count). The molecule has 0 radical (unpaired) electrons. The van der Waals surface area contributed by atoms with Gasteiger partial charge in [0.05, 0.1) is 0 Å². The van der Waals surface area contributed by atoms with Crippen molar-refractivity contribution < 1.29 is 0 Å². The first-order valence-corrected chi connectivity index (χ1v) is 13.7. The van der Waals surface area contributed by atoms with Crippen molar-refractivity contribution in [2.24, 2.45) is 17.3 Å². The zero-order chi connectivity index (χ0) is 23.9. The lowest BCUT2D eigenvalue weighted by atomic mass is 9.58. The lowest BCUT2D eigenvalue weighted by Gasteiger charge is -2.47. The van der Waals surface area contributed by atoms with Crippen LogP contribution in [-0.4, -0.2) is 0 Å². The summed E-state index contributed by atoms with van der Waals surface area (Å²) in [6.45, 7) is 19.0. The Balaban J connectivity index is 1.37. The van der Waals surface area contributed by atoms with Crippen LogP contribution in [0.4, 0.5) is 0 Å². The molecule has 0 bridgehead atoms. The summed E-state index contributed by atoms with van der Waals surface area (Å²) in [7, 11) is 0. The van der Waals surface area contributed by atoms with Gasteiger partial charge in [-0.15, -0.1) is 0 Å². The van der Waals surface area contributed by atoms with Crippen LogP contribution in [-0.2, 0) is 0 Å². The number of hydrogen-bond donors (Lipinski definition) is 0. The largest absolute Gasteiger partial charge is 0.0594 e. The molecule has 2 aliphatic rings. The minimum atomic E-state index is 0.479. The third-order valence-corrected chi connectivity index (χ3v) is 10.6. The molecule has 2 aliphatic carbocycles. The Hall–Kier alpha value is -1.56. The molecule has 0 nitrogen and oxygen atoms in total. The summed E-state index contributed by atoms with van der Waals surface area (Å²) in [6.07, 6.45) is 11.2. The van der Waals surface area contributed by atoms with Crippen molar-refractivity contribution in [1.29, 1.82) is 0 Å². The molecule has 0 aliphatic heterocycles. The van der Waals surface area contributed by atoms with Crippen molar-refractivity contribution in [1.82, 2.24) is 0 Å². The molecular weight excluding hydrogens is 396 g/mol. The molecule has 2 saturated carbocycles. The molecule has 0 saturated heterocycles. The molecule has 0 heterocycles. The van der Waals surface area contributed by atoms with Gasteiger partial charge in [-0.1, -0.05) is 38.1 Å². The highest BCUT2D eigenvalue weighted by atomic mass is 14.5. The van der Waals surface area contributed by atoms with E-state index in [0.29, 0.717) is 5.41 Å². The lowest BCUT2D eigenvalue weighted by molar-refractivity contribution is 0.0512. The molecule has 0 spiro atoms. The molecule has 0 N–H and O–H groups in total. The molecule has 0 aromatic heterocycles. The van der Waals surface area contributed by atoms with Gasteiger partial charge in [-0.3, -0.25) is 0 Å². The summed E-state index contributed by atoms with van der Waals surface area (Å²) in [4.78, 5) is 0. The summed E-state index contributed by atoms with van der Waals surface area (Å²) in [6, 6.07) is 9.57. The van der Waals surface area contributed by atoms with Crippen LogP contribution in [0.3, 0.4) is 0 Å². The summed E-state index contributed by atoms with van der Waals surface area (Å²) in [5.41, 5.74) is 12.8. The summed E-state index contributed by atoms with van der Waals surface area (Å²) < 4.78 is 0. The molecule has 2 aromatic rings. The van der Waals surface area contributed by atoms with Crippen LogP contribution in [0.2, 0.25) is 0 Å². The summed E-state index contributed by atoms with van der Waals surface area (Å²) in [5.74, 6) is 3.34. The monoisotopic (exact) mass is 444 g/mol. The minimum absolute atomic E-state index is 0.479. The fraction of sp³-hybridized carbons (Fsp3) is 0.636. The van der Waals surface area contributed by atoms with E-state index in [1.54, 1.807) is 22.3 Å². The van der Waals surface area contributed by atoms with E-state index in [4.69, 9.17) is 0 Å². The molecular formula is C33H48. The van der Waals surface area contributed by atoms with Crippen molar-refractivity contribution in [3.63, 3.8) is 0 Å². The second kappa shape index (κ2) is 9.59. The van der Waals surface area contributed by atoms with Gasteiger partial charge < -0.3 is 0 Å². The van der Waals surface area contributed by atoms with E-state index in [1.165, 1.54) is 73.6 Å². The highest BCUT2D eigenvalue weighted by Crippen LogP contribution is 2.52. The third kappa shape index (κ3) is 4.69. The van der Waals surface area contributed by atoms with E-state index in [2.05, 4.69) is 79.7 Å². The average molecular weight is 445 g/mol. The third-order valence-electron chi connectivity index (χ3n) is 10.6. The Labute approximate surface area is 204 Å². The lowest BCUT2D eigenvalue weighted by Crippen LogP contribution is -2.36. The molecule has 33 heavy (non-hydrogen) atoms. The second-order valence-corrected chi connectivity index (χ2v) is 12.4. The van der Waals surface area contributed by atoms with Crippen molar-refractivity contribution >= 4 is 0 Å². The standard InChI is InChI=1S/C33H48/c1-21-9-19-31(25(5)23(21)3)27-11-15-29(16-12-27)33(7,8)30-17-13-28(14-18-30)32-20-10-22(2)24(4)26(32)6/h9-10,19-20,27-30H,11-18H2,1-8H3. The Morgan fingerprint density at radius 3 is 1.15 bits per heavy atom. The van der Waals surface area contributed by atoms with Crippen LogP contribution in [0.5, 0.6) is 0 Å². The van der Waals surface area contributed by atoms with E-state index in [9.17, 15) is 0 Å². The fourth-order valence-corrected chi connectivity index (χ4v) is 7.47. The van der Waals surface area contributed by atoms with Gasteiger partial charge in [0.2, 0.25) is 0 Å². The predicted octanol–water partition coefficient (Wildman–Crippen LogP) is 9.81. The maximum atomic E-state index is 2.62. The molecule has 0 unspecified atom stereocenters. The van der Waals surface area contributed by atoms with Gasteiger partial charge in [0.15, 0.2) is 0 Å². The Kier molecular flexibility index (Phi) is 7.14. The molecule has 0 atom stereocenters. The number of rotatable bonds is 4. The maximum absolute atomic E-state index is 2.62.